The Morgan fingerprint density at radius 2 is 1.84 bits per heavy atom. The Labute approximate surface area is 162 Å². The second-order valence-electron chi connectivity index (χ2n) is 7.64. The molecular weight excluding hydrogens is 353 g/mol. The lowest BCUT2D eigenvalue weighted by molar-refractivity contribution is -0.183. The largest absolute Gasteiger partial charge is 0.360 e. The fourth-order valence-electron chi connectivity index (χ4n) is 4.47. The molecule has 0 radical (unpaired) electrons. The third-order valence-electron chi connectivity index (χ3n) is 5.97. The zero-order chi connectivity index (χ0) is 17.7. The van der Waals surface area contributed by atoms with Gasteiger partial charge in [-0.05, 0) is 74.6 Å². The van der Waals surface area contributed by atoms with Gasteiger partial charge in [0.2, 0.25) is 0 Å². The first-order valence-electron chi connectivity index (χ1n) is 9.98. The number of piperidine rings is 1. The van der Waals surface area contributed by atoms with Gasteiger partial charge in [0.15, 0.2) is 0 Å². The molecule has 0 unspecified atom stereocenters. The first-order valence-corrected chi connectivity index (χ1v) is 10.7. The highest BCUT2D eigenvalue weighted by molar-refractivity contribution is 6.33. The van der Waals surface area contributed by atoms with Gasteiger partial charge >= 0.3 is 0 Å². The number of halogens is 2. The lowest BCUT2D eigenvalue weighted by Gasteiger charge is -2.49. The molecule has 0 spiro atoms. The van der Waals surface area contributed by atoms with Crippen molar-refractivity contribution in [2.24, 2.45) is 0 Å². The summed E-state index contributed by atoms with van der Waals surface area (Å²) in [6.07, 6.45) is 10.8. The van der Waals surface area contributed by atoms with E-state index < -0.39 is 0 Å². The summed E-state index contributed by atoms with van der Waals surface area (Å²) in [6.45, 7) is 5.49. The zero-order valence-electron chi connectivity index (χ0n) is 15.4. The Morgan fingerprint density at radius 3 is 2.52 bits per heavy atom. The number of unbranched alkanes of at least 4 members (excludes halogenated alkanes) is 1. The topological polar surface area (TPSA) is 12.5 Å². The smallest absolute Gasteiger partial charge is 0.121 e. The van der Waals surface area contributed by atoms with Crippen molar-refractivity contribution in [2.45, 2.75) is 76.4 Å². The van der Waals surface area contributed by atoms with Crippen LogP contribution in [0.25, 0.3) is 0 Å². The van der Waals surface area contributed by atoms with Crippen molar-refractivity contribution < 1.29 is 4.74 Å². The van der Waals surface area contributed by atoms with Crippen molar-refractivity contribution in [3.05, 3.63) is 33.8 Å². The van der Waals surface area contributed by atoms with Crippen LogP contribution in [-0.4, -0.2) is 30.3 Å². The van der Waals surface area contributed by atoms with Crippen molar-refractivity contribution in [1.29, 1.82) is 0 Å². The van der Waals surface area contributed by atoms with E-state index in [1.807, 2.05) is 12.1 Å². The molecule has 2 aliphatic rings. The highest BCUT2D eigenvalue weighted by atomic mass is 35.5. The molecule has 1 aliphatic heterocycles. The molecule has 2 nitrogen and oxygen atoms in total. The summed E-state index contributed by atoms with van der Waals surface area (Å²) in [5.41, 5.74) is 1.17. The molecule has 0 bridgehead atoms. The molecule has 1 heterocycles. The molecule has 1 saturated heterocycles. The Morgan fingerprint density at radius 1 is 1.12 bits per heavy atom. The van der Waals surface area contributed by atoms with Gasteiger partial charge in [-0.2, -0.15) is 0 Å². The summed E-state index contributed by atoms with van der Waals surface area (Å²) < 4.78 is 6.56. The third-order valence-corrected chi connectivity index (χ3v) is 6.55. The van der Waals surface area contributed by atoms with Crippen LogP contribution in [0.3, 0.4) is 0 Å². The second kappa shape index (κ2) is 9.08. The van der Waals surface area contributed by atoms with Crippen LogP contribution in [0.1, 0.15) is 76.2 Å². The quantitative estimate of drug-likeness (QED) is 0.509. The van der Waals surface area contributed by atoms with Gasteiger partial charge in [-0.3, -0.25) is 4.90 Å². The van der Waals surface area contributed by atoms with Crippen LogP contribution in [0.2, 0.25) is 10.0 Å². The van der Waals surface area contributed by atoms with Gasteiger partial charge in [0, 0.05) is 29.7 Å². The average molecular weight is 384 g/mol. The van der Waals surface area contributed by atoms with E-state index in [1.54, 1.807) is 0 Å². The van der Waals surface area contributed by atoms with Gasteiger partial charge in [-0.25, -0.2) is 0 Å². The van der Waals surface area contributed by atoms with Gasteiger partial charge < -0.3 is 4.74 Å². The van der Waals surface area contributed by atoms with E-state index in [4.69, 9.17) is 27.9 Å². The van der Waals surface area contributed by atoms with Crippen LogP contribution in [0.5, 0.6) is 0 Å². The summed E-state index contributed by atoms with van der Waals surface area (Å²) in [7, 11) is 0. The third kappa shape index (κ3) is 4.71. The minimum absolute atomic E-state index is 0.0445. The average Bonchev–Trinajstić information content (AvgIpc) is 2.65. The Balaban J connectivity index is 1.70. The lowest BCUT2D eigenvalue weighted by atomic mass is 9.78. The van der Waals surface area contributed by atoms with Gasteiger partial charge in [0.1, 0.15) is 5.72 Å². The Kier molecular flexibility index (Phi) is 7.08. The van der Waals surface area contributed by atoms with Crippen LogP contribution in [0, 0.1) is 0 Å². The van der Waals surface area contributed by atoms with Crippen molar-refractivity contribution in [1.82, 2.24) is 4.90 Å². The predicted molar refractivity (Wildman–Crippen MR) is 107 cm³/mol. The van der Waals surface area contributed by atoms with Crippen LogP contribution in [0.4, 0.5) is 0 Å². The fourth-order valence-corrected chi connectivity index (χ4v) is 4.92. The molecular formula is C21H31Cl2NO. The number of likely N-dealkylation sites (tertiary alicyclic amines) is 1. The number of hydrogen-bond acceptors (Lipinski definition) is 2. The molecule has 1 aromatic carbocycles. The van der Waals surface area contributed by atoms with E-state index in [0.717, 1.165) is 48.8 Å². The van der Waals surface area contributed by atoms with Crippen LogP contribution >= 0.6 is 23.2 Å². The highest BCUT2D eigenvalue weighted by Crippen LogP contribution is 2.44. The Bertz CT molecular complexity index is 549. The molecule has 0 aromatic heterocycles. The summed E-state index contributed by atoms with van der Waals surface area (Å²) in [5, 5.41) is 1.64. The molecule has 2 fully saturated rings. The van der Waals surface area contributed by atoms with Crippen molar-refractivity contribution >= 4 is 23.2 Å². The first kappa shape index (κ1) is 19.5. The maximum Gasteiger partial charge on any atom is 0.121 e. The summed E-state index contributed by atoms with van der Waals surface area (Å²) in [5.74, 6) is 0.499. The van der Waals surface area contributed by atoms with Gasteiger partial charge in [-0.15, -0.1) is 0 Å². The molecule has 0 N–H and O–H groups in total. The first-order chi connectivity index (χ1) is 12.1. The normalized spacial score (nSPS) is 28.2. The number of rotatable bonds is 6. The van der Waals surface area contributed by atoms with E-state index in [2.05, 4.69) is 17.9 Å². The molecule has 4 heteroatoms. The fraction of sp³-hybridized carbons (Fsp3) is 0.714. The maximum atomic E-state index is 6.56. The van der Waals surface area contributed by atoms with Crippen molar-refractivity contribution in [3.63, 3.8) is 0 Å². The minimum atomic E-state index is -0.0445. The summed E-state index contributed by atoms with van der Waals surface area (Å²) >= 11 is 12.7. The predicted octanol–water partition coefficient (Wildman–Crippen LogP) is 6.65. The summed E-state index contributed by atoms with van der Waals surface area (Å²) in [4.78, 5) is 2.64. The summed E-state index contributed by atoms with van der Waals surface area (Å²) in [6, 6.07) is 5.87. The van der Waals surface area contributed by atoms with Gasteiger partial charge in [0.05, 0.1) is 0 Å². The number of ether oxygens (including phenoxy) is 1. The van der Waals surface area contributed by atoms with E-state index in [-0.39, 0.29) is 5.72 Å². The SMILES string of the molecule is CCCCOC1(N2CCCCC2)CCC(c2cc(Cl)ccc2Cl)CC1. The van der Waals surface area contributed by atoms with E-state index >= 15 is 0 Å². The highest BCUT2D eigenvalue weighted by Gasteiger charge is 2.42. The van der Waals surface area contributed by atoms with Gasteiger partial charge in [-0.1, -0.05) is 43.0 Å². The molecule has 140 valence electrons. The van der Waals surface area contributed by atoms with E-state index in [1.165, 1.54) is 44.3 Å². The molecule has 0 amide bonds. The molecule has 1 aliphatic carbocycles. The number of benzene rings is 1. The number of nitrogens with zero attached hydrogens (tertiary/aromatic N) is 1. The van der Waals surface area contributed by atoms with Crippen molar-refractivity contribution in [2.75, 3.05) is 19.7 Å². The van der Waals surface area contributed by atoms with Crippen molar-refractivity contribution in [3.8, 4) is 0 Å². The van der Waals surface area contributed by atoms with Crippen LogP contribution in [0.15, 0.2) is 18.2 Å². The van der Waals surface area contributed by atoms with Gasteiger partial charge in [0.25, 0.3) is 0 Å². The van der Waals surface area contributed by atoms with Crippen LogP contribution < -0.4 is 0 Å². The standard InChI is InChI=1S/C21H31Cl2NO/c1-2-3-15-25-21(24-13-5-4-6-14-24)11-9-17(10-12-21)19-16-18(22)7-8-20(19)23/h7-8,16-17H,2-6,9-15H2,1H3. The number of hydrogen-bond donors (Lipinski definition) is 0. The minimum Gasteiger partial charge on any atom is -0.360 e. The monoisotopic (exact) mass is 383 g/mol. The molecule has 1 saturated carbocycles. The van der Waals surface area contributed by atoms with E-state index in [0.29, 0.717) is 5.92 Å². The second-order valence-corrected chi connectivity index (χ2v) is 8.48. The molecule has 25 heavy (non-hydrogen) atoms. The zero-order valence-corrected chi connectivity index (χ0v) is 16.9. The lowest BCUT2D eigenvalue weighted by Crippen LogP contribution is -2.54. The Hall–Kier alpha value is -0.280. The molecule has 1 aromatic rings. The maximum absolute atomic E-state index is 6.56. The van der Waals surface area contributed by atoms with E-state index in [9.17, 15) is 0 Å². The molecule has 0 atom stereocenters. The van der Waals surface area contributed by atoms with Crippen LogP contribution in [-0.2, 0) is 4.74 Å². The molecule has 3 rings (SSSR count).